The molecular formula is C16H22BrNO. The maximum Gasteiger partial charge on any atom is 0.119 e. The normalized spacial score (nSPS) is 28.3. The molecule has 0 aromatic heterocycles. The van der Waals surface area contributed by atoms with Crippen molar-refractivity contribution in [3.05, 3.63) is 28.7 Å². The number of benzene rings is 1. The molecule has 0 saturated heterocycles. The summed E-state index contributed by atoms with van der Waals surface area (Å²) in [6, 6.07) is 8.90. The van der Waals surface area contributed by atoms with Crippen molar-refractivity contribution < 1.29 is 4.74 Å². The van der Waals surface area contributed by atoms with Crippen molar-refractivity contribution in [1.29, 1.82) is 0 Å². The monoisotopic (exact) mass is 323 g/mol. The number of hydrogen-bond donors (Lipinski definition) is 1. The Labute approximate surface area is 124 Å². The average Bonchev–Trinajstić information content (AvgIpc) is 2.92. The molecule has 1 aromatic carbocycles. The lowest BCUT2D eigenvalue weighted by molar-refractivity contribution is -0.0755. The number of nitrogens with one attached hydrogen (secondary N) is 1. The van der Waals surface area contributed by atoms with Crippen molar-refractivity contribution in [2.75, 3.05) is 6.54 Å². The number of hydrogen-bond acceptors (Lipinski definition) is 2. The van der Waals surface area contributed by atoms with Gasteiger partial charge in [-0.3, -0.25) is 0 Å². The van der Waals surface area contributed by atoms with E-state index in [1.807, 2.05) is 0 Å². The minimum atomic E-state index is 0.403. The van der Waals surface area contributed by atoms with E-state index in [2.05, 4.69) is 52.4 Å². The van der Waals surface area contributed by atoms with Crippen molar-refractivity contribution >= 4 is 15.9 Å². The van der Waals surface area contributed by atoms with Crippen molar-refractivity contribution in [3.63, 3.8) is 0 Å². The van der Waals surface area contributed by atoms with Crippen LogP contribution >= 0.6 is 15.9 Å². The minimum Gasteiger partial charge on any atom is -0.490 e. The molecule has 19 heavy (non-hydrogen) atoms. The third-order valence-corrected chi connectivity index (χ3v) is 5.39. The van der Waals surface area contributed by atoms with Gasteiger partial charge < -0.3 is 10.1 Å². The van der Waals surface area contributed by atoms with Crippen LogP contribution in [0.1, 0.15) is 39.0 Å². The lowest BCUT2D eigenvalue weighted by Gasteiger charge is -2.54. The van der Waals surface area contributed by atoms with Gasteiger partial charge in [0, 0.05) is 22.4 Å². The van der Waals surface area contributed by atoms with E-state index in [1.165, 1.54) is 25.7 Å². The predicted octanol–water partition coefficient (Wildman–Crippen LogP) is 4.14. The van der Waals surface area contributed by atoms with Crippen molar-refractivity contribution in [2.45, 2.75) is 51.2 Å². The highest BCUT2D eigenvalue weighted by molar-refractivity contribution is 9.10. The molecule has 0 radical (unpaired) electrons. The molecule has 2 aliphatic carbocycles. The van der Waals surface area contributed by atoms with E-state index in [4.69, 9.17) is 4.74 Å². The number of halogens is 1. The zero-order valence-electron chi connectivity index (χ0n) is 11.5. The maximum atomic E-state index is 6.26. The number of rotatable bonds is 4. The van der Waals surface area contributed by atoms with Gasteiger partial charge in [-0.25, -0.2) is 0 Å². The van der Waals surface area contributed by atoms with E-state index >= 15 is 0 Å². The van der Waals surface area contributed by atoms with E-state index < -0.39 is 0 Å². The molecular weight excluding hydrogens is 302 g/mol. The Morgan fingerprint density at radius 3 is 2.58 bits per heavy atom. The van der Waals surface area contributed by atoms with Crippen LogP contribution in [0.4, 0.5) is 0 Å². The highest BCUT2D eigenvalue weighted by atomic mass is 79.9. The Balaban J connectivity index is 1.70. The lowest BCUT2D eigenvalue weighted by Crippen LogP contribution is -2.63. The molecule has 2 nitrogen and oxygen atoms in total. The SMILES string of the molecule is CCNC1CC(Oc2ccc(Br)cc2)C12CCCC2. The van der Waals surface area contributed by atoms with E-state index in [9.17, 15) is 0 Å². The Morgan fingerprint density at radius 2 is 1.95 bits per heavy atom. The van der Waals surface area contributed by atoms with Crippen LogP contribution in [-0.4, -0.2) is 18.7 Å². The Morgan fingerprint density at radius 1 is 1.26 bits per heavy atom. The van der Waals surface area contributed by atoms with Crippen LogP contribution in [0.25, 0.3) is 0 Å². The Hall–Kier alpha value is -0.540. The van der Waals surface area contributed by atoms with Gasteiger partial charge in [-0.05, 0) is 43.7 Å². The summed E-state index contributed by atoms with van der Waals surface area (Å²) in [5.41, 5.74) is 0.406. The highest BCUT2D eigenvalue weighted by Gasteiger charge is 2.57. The third-order valence-electron chi connectivity index (χ3n) is 4.86. The van der Waals surface area contributed by atoms with Gasteiger partial charge in [0.1, 0.15) is 11.9 Å². The number of ether oxygens (including phenoxy) is 1. The highest BCUT2D eigenvalue weighted by Crippen LogP contribution is 2.54. The summed E-state index contributed by atoms with van der Waals surface area (Å²) in [6.45, 7) is 3.27. The zero-order chi connectivity index (χ0) is 13.3. The molecule has 1 aromatic rings. The summed E-state index contributed by atoms with van der Waals surface area (Å²) in [5.74, 6) is 1.01. The van der Waals surface area contributed by atoms with Crippen LogP contribution in [0.15, 0.2) is 28.7 Å². The van der Waals surface area contributed by atoms with Gasteiger partial charge in [-0.1, -0.05) is 35.7 Å². The van der Waals surface area contributed by atoms with Gasteiger partial charge in [-0.15, -0.1) is 0 Å². The molecule has 104 valence electrons. The fourth-order valence-electron chi connectivity index (χ4n) is 3.83. The molecule has 2 fully saturated rings. The van der Waals surface area contributed by atoms with Gasteiger partial charge >= 0.3 is 0 Å². The van der Waals surface area contributed by atoms with E-state index in [-0.39, 0.29) is 0 Å². The first kappa shape index (κ1) is 13.4. The molecule has 2 unspecified atom stereocenters. The second-order valence-electron chi connectivity index (χ2n) is 5.85. The topological polar surface area (TPSA) is 21.3 Å². The molecule has 0 heterocycles. The van der Waals surface area contributed by atoms with Gasteiger partial charge in [-0.2, -0.15) is 0 Å². The maximum absolute atomic E-state index is 6.26. The largest absolute Gasteiger partial charge is 0.490 e. The quantitative estimate of drug-likeness (QED) is 0.899. The second-order valence-corrected chi connectivity index (χ2v) is 6.76. The average molecular weight is 324 g/mol. The Bertz CT molecular complexity index is 425. The predicted molar refractivity (Wildman–Crippen MR) is 81.5 cm³/mol. The lowest BCUT2D eigenvalue weighted by atomic mass is 9.60. The molecule has 2 aliphatic rings. The third kappa shape index (κ3) is 2.43. The van der Waals surface area contributed by atoms with Crippen LogP contribution in [0.2, 0.25) is 0 Å². The van der Waals surface area contributed by atoms with Crippen molar-refractivity contribution in [1.82, 2.24) is 5.32 Å². The summed E-state index contributed by atoms with van der Waals surface area (Å²) in [5, 5.41) is 3.65. The molecule has 2 atom stereocenters. The van der Waals surface area contributed by atoms with Gasteiger partial charge in [0.25, 0.3) is 0 Å². The van der Waals surface area contributed by atoms with Crippen molar-refractivity contribution in [2.24, 2.45) is 5.41 Å². The van der Waals surface area contributed by atoms with E-state index in [0.29, 0.717) is 17.6 Å². The summed E-state index contributed by atoms with van der Waals surface area (Å²) >= 11 is 3.47. The molecule has 0 bridgehead atoms. The summed E-state index contributed by atoms with van der Waals surface area (Å²) in [4.78, 5) is 0. The van der Waals surface area contributed by atoms with Crippen LogP contribution < -0.4 is 10.1 Å². The van der Waals surface area contributed by atoms with E-state index in [0.717, 1.165) is 23.2 Å². The molecule has 1 spiro atoms. The Kier molecular flexibility index (Phi) is 3.86. The molecule has 1 N–H and O–H groups in total. The van der Waals surface area contributed by atoms with Crippen LogP contribution in [0.3, 0.4) is 0 Å². The first-order valence-electron chi connectivity index (χ1n) is 7.40. The summed E-state index contributed by atoms with van der Waals surface area (Å²) in [6.07, 6.45) is 6.94. The molecule has 3 heteroatoms. The van der Waals surface area contributed by atoms with E-state index in [1.54, 1.807) is 0 Å². The van der Waals surface area contributed by atoms with Crippen molar-refractivity contribution in [3.8, 4) is 5.75 Å². The molecule has 0 amide bonds. The molecule has 2 saturated carbocycles. The van der Waals surface area contributed by atoms with Crippen LogP contribution in [-0.2, 0) is 0 Å². The standard InChI is InChI=1S/C16H22BrNO/c1-2-18-14-11-15(16(14)9-3-4-10-16)19-13-7-5-12(17)6-8-13/h5-8,14-15,18H,2-4,9-11H2,1H3. The molecule has 3 rings (SSSR count). The van der Waals surface area contributed by atoms with Gasteiger partial charge in [0.2, 0.25) is 0 Å². The van der Waals surface area contributed by atoms with Gasteiger partial charge in [0.05, 0.1) is 0 Å². The summed E-state index contributed by atoms with van der Waals surface area (Å²) < 4.78 is 7.36. The second kappa shape index (κ2) is 5.45. The molecule has 0 aliphatic heterocycles. The minimum absolute atomic E-state index is 0.403. The van der Waals surface area contributed by atoms with Crippen LogP contribution in [0, 0.1) is 5.41 Å². The zero-order valence-corrected chi connectivity index (χ0v) is 13.1. The first-order valence-corrected chi connectivity index (χ1v) is 8.19. The summed E-state index contributed by atoms with van der Waals surface area (Å²) in [7, 11) is 0. The van der Waals surface area contributed by atoms with Crippen LogP contribution in [0.5, 0.6) is 5.75 Å². The van der Waals surface area contributed by atoms with Gasteiger partial charge in [0.15, 0.2) is 0 Å². The fraction of sp³-hybridized carbons (Fsp3) is 0.625. The fourth-order valence-corrected chi connectivity index (χ4v) is 4.09. The smallest absolute Gasteiger partial charge is 0.119 e. The first-order chi connectivity index (χ1) is 9.24.